The molecule has 0 bridgehead atoms. The summed E-state index contributed by atoms with van der Waals surface area (Å²) in [6, 6.07) is 1.71. The van der Waals surface area contributed by atoms with Crippen LogP contribution in [0.3, 0.4) is 0 Å². The molecule has 2 rings (SSSR count). The van der Waals surface area contributed by atoms with Gasteiger partial charge in [-0.15, -0.1) is 11.3 Å². The Morgan fingerprint density at radius 3 is 2.86 bits per heavy atom. The fourth-order valence-electron chi connectivity index (χ4n) is 2.05. The van der Waals surface area contributed by atoms with Crippen LogP contribution in [0.15, 0.2) is 28.7 Å². The average Bonchev–Trinajstić information content (AvgIpc) is 3.08. The molecule has 0 saturated heterocycles. The fourth-order valence-corrected chi connectivity index (χ4v) is 3.76. The molecule has 2 aromatic heterocycles. The predicted molar refractivity (Wildman–Crippen MR) is 83.9 cm³/mol. The van der Waals surface area contributed by atoms with Crippen LogP contribution in [-0.4, -0.2) is 31.6 Å². The van der Waals surface area contributed by atoms with Crippen molar-refractivity contribution in [1.82, 2.24) is 19.6 Å². The topological polar surface area (TPSA) is 76.0 Å². The van der Waals surface area contributed by atoms with E-state index < -0.39 is 10.0 Å². The van der Waals surface area contributed by atoms with Gasteiger partial charge in [-0.25, -0.2) is 18.1 Å². The summed E-state index contributed by atoms with van der Waals surface area (Å²) in [5, 5.41) is 5.86. The lowest BCUT2D eigenvalue weighted by Crippen LogP contribution is -2.25. The summed E-state index contributed by atoms with van der Waals surface area (Å²) in [6.07, 6.45) is 4.01. The average molecular weight is 328 g/mol. The van der Waals surface area contributed by atoms with Crippen LogP contribution in [0.5, 0.6) is 0 Å². The van der Waals surface area contributed by atoms with E-state index in [9.17, 15) is 8.42 Å². The lowest BCUT2D eigenvalue weighted by molar-refractivity contribution is 0.581. The molecule has 0 radical (unpaired) electrons. The normalized spacial score (nSPS) is 11.9. The monoisotopic (exact) mass is 328 g/mol. The molecule has 0 spiro atoms. The zero-order chi connectivity index (χ0) is 15.3. The van der Waals surface area contributed by atoms with E-state index in [4.69, 9.17) is 0 Å². The van der Waals surface area contributed by atoms with Gasteiger partial charge in [-0.2, -0.15) is 0 Å². The zero-order valence-corrected chi connectivity index (χ0v) is 13.8. The van der Waals surface area contributed by atoms with Crippen LogP contribution in [0, 0.1) is 0 Å². The highest BCUT2D eigenvalue weighted by atomic mass is 32.2. The zero-order valence-electron chi connectivity index (χ0n) is 12.2. The van der Waals surface area contributed by atoms with Crippen molar-refractivity contribution < 1.29 is 8.42 Å². The first-order valence-corrected chi connectivity index (χ1v) is 9.14. The molecule has 2 aromatic rings. The lowest BCUT2D eigenvalue weighted by atomic mass is 10.4. The molecule has 0 unspecified atom stereocenters. The molecule has 116 valence electrons. The minimum Gasteiger partial charge on any atom is -0.349 e. The Morgan fingerprint density at radius 1 is 1.43 bits per heavy atom. The van der Waals surface area contributed by atoms with Crippen molar-refractivity contribution in [1.29, 1.82) is 0 Å². The van der Waals surface area contributed by atoms with Gasteiger partial charge in [0, 0.05) is 49.5 Å². The van der Waals surface area contributed by atoms with Crippen LogP contribution in [0.4, 0.5) is 0 Å². The van der Waals surface area contributed by atoms with Crippen molar-refractivity contribution in [2.45, 2.75) is 31.3 Å². The van der Waals surface area contributed by atoms with Gasteiger partial charge in [0.1, 0.15) is 0 Å². The Balaban J connectivity index is 2.04. The van der Waals surface area contributed by atoms with Crippen molar-refractivity contribution in [2.24, 2.45) is 0 Å². The molecule has 0 amide bonds. The van der Waals surface area contributed by atoms with Gasteiger partial charge in [0.15, 0.2) is 0 Å². The summed E-state index contributed by atoms with van der Waals surface area (Å²) >= 11 is 1.53. The number of hydrogen-bond acceptors (Lipinski definition) is 5. The number of nitrogens with one attached hydrogen (secondary N) is 2. The molecule has 8 heteroatoms. The van der Waals surface area contributed by atoms with E-state index in [-0.39, 0.29) is 0 Å². The first kappa shape index (κ1) is 16.2. The van der Waals surface area contributed by atoms with Crippen LogP contribution < -0.4 is 10.0 Å². The second kappa shape index (κ2) is 7.17. The molecule has 0 aliphatic rings. The Labute approximate surface area is 129 Å². The van der Waals surface area contributed by atoms with Gasteiger partial charge < -0.3 is 9.88 Å². The van der Waals surface area contributed by atoms with E-state index in [1.165, 1.54) is 11.3 Å². The second-order valence-corrected chi connectivity index (χ2v) is 7.30. The van der Waals surface area contributed by atoms with Gasteiger partial charge in [0.2, 0.25) is 10.0 Å². The second-order valence-electron chi connectivity index (χ2n) is 4.56. The van der Waals surface area contributed by atoms with E-state index in [2.05, 4.69) is 15.0 Å². The third kappa shape index (κ3) is 4.13. The van der Waals surface area contributed by atoms with E-state index >= 15 is 0 Å². The van der Waals surface area contributed by atoms with Crippen LogP contribution in [-0.2, 0) is 29.5 Å². The molecule has 0 aliphatic carbocycles. The van der Waals surface area contributed by atoms with E-state index in [0.717, 1.165) is 17.2 Å². The molecule has 2 heterocycles. The Hall–Kier alpha value is -1.22. The van der Waals surface area contributed by atoms with E-state index in [0.29, 0.717) is 24.4 Å². The molecule has 0 saturated carbocycles. The van der Waals surface area contributed by atoms with E-state index in [1.54, 1.807) is 18.5 Å². The predicted octanol–water partition coefficient (Wildman–Crippen LogP) is 1.20. The maximum atomic E-state index is 12.3. The van der Waals surface area contributed by atoms with Gasteiger partial charge in [0.05, 0.1) is 9.90 Å². The van der Waals surface area contributed by atoms with Gasteiger partial charge >= 0.3 is 0 Å². The number of nitrogens with zero attached hydrogens (tertiary/aromatic N) is 2. The molecule has 21 heavy (non-hydrogen) atoms. The van der Waals surface area contributed by atoms with Crippen molar-refractivity contribution >= 4 is 21.4 Å². The van der Waals surface area contributed by atoms with Crippen LogP contribution >= 0.6 is 11.3 Å². The molecule has 0 aromatic carbocycles. The summed E-state index contributed by atoms with van der Waals surface area (Å²) in [5.41, 5.74) is 0.959. The smallest absolute Gasteiger partial charge is 0.242 e. The van der Waals surface area contributed by atoms with Crippen molar-refractivity contribution in [3.63, 3.8) is 0 Å². The van der Waals surface area contributed by atoms with Crippen LogP contribution in [0.1, 0.15) is 17.6 Å². The highest BCUT2D eigenvalue weighted by Gasteiger charge is 2.17. The largest absolute Gasteiger partial charge is 0.349 e. The van der Waals surface area contributed by atoms with Crippen LogP contribution in [0.2, 0.25) is 0 Å². The van der Waals surface area contributed by atoms with Gasteiger partial charge in [-0.1, -0.05) is 0 Å². The van der Waals surface area contributed by atoms with Gasteiger partial charge in [-0.3, -0.25) is 0 Å². The number of sulfonamides is 1. The minimum absolute atomic E-state index is 0.314. The number of aryl methyl sites for hydroxylation is 1. The number of thiazole rings is 1. The summed E-state index contributed by atoms with van der Waals surface area (Å²) in [7, 11) is -1.62. The first-order valence-electron chi connectivity index (χ1n) is 6.78. The molecule has 0 fully saturated rings. The van der Waals surface area contributed by atoms with Crippen molar-refractivity contribution in [3.8, 4) is 0 Å². The third-order valence-electron chi connectivity index (χ3n) is 3.08. The summed E-state index contributed by atoms with van der Waals surface area (Å²) in [6.45, 7) is 3.73. The van der Waals surface area contributed by atoms with Gasteiger partial charge in [-0.05, 0) is 20.0 Å². The molecule has 0 atom stereocenters. The molecule has 2 N–H and O–H groups in total. The fraction of sp³-hybridized carbons (Fsp3) is 0.462. The number of aromatic nitrogens is 2. The Morgan fingerprint density at radius 2 is 2.24 bits per heavy atom. The SMILES string of the molecule is CCn1cc(S(=O)(=O)NCCc2nccs2)cc1CNC. The van der Waals surface area contributed by atoms with Crippen molar-refractivity contribution in [3.05, 3.63) is 34.5 Å². The Kier molecular flexibility index (Phi) is 5.51. The summed E-state index contributed by atoms with van der Waals surface area (Å²) < 4.78 is 29.1. The Bertz CT molecular complexity index is 662. The maximum Gasteiger partial charge on any atom is 0.242 e. The molecule has 0 aliphatic heterocycles. The standard InChI is InChI=1S/C13H20N4O2S2/c1-3-17-10-12(8-11(17)9-14-2)21(18,19)16-5-4-13-15-6-7-20-13/h6-8,10,14,16H,3-5,9H2,1-2H3. The van der Waals surface area contributed by atoms with E-state index in [1.807, 2.05) is 23.9 Å². The molecular formula is C13H20N4O2S2. The highest BCUT2D eigenvalue weighted by molar-refractivity contribution is 7.89. The first-order chi connectivity index (χ1) is 10.1. The quantitative estimate of drug-likeness (QED) is 0.763. The maximum absolute atomic E-state index is 12.3. The molecule has 6 nitrogen and oxygen atoms in total. The molecular weight excluding hydrogens is 308 g/mol. The summed E-state index contributed by atoms with van der Waals surface area (Å²) in [4.78, 5) is 4.45. The third-order valence-corrected chi connectivity index (χ3v) is 5.35. The van der Waals surface area contributed by atoms with Crippen LogP contribution in [0.25, 0.3) is 0 Å². The number of hydrogen-bond donors (Lipinski definition) is 2. The lowest BCUT2D eigenvalue weighted by Gasteiger charge is -2.04. The number of rotatable bonds is 8. The summed E-state index contributed by atoms with van der Waals surface area (Å²) in [5.74, 6) is 0. The minimum atomic E-state index is -3.47. The highest BCUT2D eigenvalue weighted by Crippen LogP contribution is 2.14. The van der Waals surface area contributed by atoms with Crippen molar-refractivity contribution in [2.75, 3.05) is 13.6 Å². The van der Waals surface area contributed by atoms with Gasteiger partial charge in [0.25, 0.3) is 0 Å².